The van der Waals surface area contributed by atoms with E-state index in [1.807, 2.05) is 0 Å². The van der Waals surface area contributed by atoms with Crippen LogP contribution < -0.4 is 10.2 Å². The Morgan fingerprint density at radius 2 is 2.15 bits per heavy atom. The Morgan fingerprint density at radius 3 is 2.80 bits per heavy atom. The third kappa shape index (κ3) is 3.15. The van der Waals surface area contributed by atoms with Crippen LogP contribution >= 0.6 is 0 Å². The molecule has 2 amide bonds. The van der Waals surface area contributed by atoms with Gasteiger partial charge in [0.25, 0.3) is 0 Å². The average Bonchev–Trinajstić information content (AvgIpc) is 2.82. The van der Waals surface area contributed by atoms with E-state index in [1.165, 1.54) is 29.2 Å². The fourth-order valence-corrected chi connectivity index (χ4v) is 2.16. The molecule has 0 aliphatic carbocycles. The highest BCUT2D eigenvalue weighted by molar-refractivity contribution is 6.00. The fourth-order valence-electron chi connectivity index (χ4n) is 2.16. The molecular weight excluding hydrogens is 259 g/mol. The van der Waals surface area contributed by atoms with Crippen LogP contribution in [0.2, 0.25) is 0 Å². The lowest BCUT2D eigenvalue weighted by molar-refractivity contribution is -0.126. The molecule has 1 aromatic carbocycles. The molecular formula is C15H15FN2O2. The van der Waals surface area contributed by atoms with Crippen LogP contribution in [0.15, 0.2) is 24.3 Å². The molecule has 5 heteroatoms. The van der Waals surface area contributed by atoms with E-state index in [-0.39, 0.29) is 30.0 Å². The second-order valence-corrected chi connectivity index (χ2v) is 4.63. The molecule has 0 bridgehead atoms. The molecule has 2 rings (SSSR count). The molecule has 1 fully saturated rings. The number of halogens is 1. The summed E-state index contributed by atoms with van der Waals surface area (Å²) in [6.07, 6.45) is 5.74. The van der Waals surface area contributed by atoms with Crippen LogP contribution in [0.4, 0.5) is 10.1 Å². The van der Waals surface area contributed by atoms with Gasteiger partial charge < -0.3 is 10.2 Å². The molecule has 1 heterocycles. The van der Waals surface area contributed by atoms with Crippen molar-refractivity contribution in [2.75, 3.05) is 18.0 Å². The van der Waals surface area contributed by atoms with Crippen molar-refractivity contribution in [3.63, 3.8) is 0 Å². The van der Waals surface area contributed by atoms with Crippen LogP contribution in [0.5, 0.6) is 0 Å². The van der Waals surface area contributed by atoms with Crippen molar-refractivity contribution in [1.82, 2.24) is 5.32 Å². The minimum Gasteiger partial charge on any atom is -0.355 e. The van der Waals surface area contributed by atoms with Crippen LogP contribution in [0.25, 0.3) is 0 Å². The Morgan fingerprint density at radius 1 is 1.45 bits per heavy atom. The number of nitrogens with zero attached hydrogens (tertiary/aromatic N) is 1. The van der Waals surface area contributed by atoms with Gasteiger partial charge >= 0.3 is 0 Å². The molecule has 0 spiro atoms. The second kappa shape index (κ2) is 6.20. The summed E-state index contributed by atoms with van der Waals surface area (Å²) in [5.74, 6) is 1.39. The number of hydrogen-bond donors (Lipinski definition) is 1. The van der Waals surface area contributed by atoms with Crippen molar-refractivity contribution >= 4 is 17.5 Å². The number of amides is 2. The number of benzene rings is 1. The maximum absolute atomic E-state index is 12.9. The zero-order valence-electron chi connectivity index (χ0n) is 10.9. The van der Waals surface area contributed by atoms with E-state index in [0.717, 1.165) is 0 Å². The predicted molar refractivity (Wildman–Crippen MR) is 73.3 cm³/mol. The summed E-state index contributed by atoms with van der Waals surface area (Å²) in [6.45, 7) is 0.725. The summed E-state index contributed by atoms with van der Waals surface area (Å²) in [7, 11) is 0. The second-order valence-electron chi connectivity index (χ2n) is 4.63. The molecule has 1 saturated heterocycles. The van der Waals surface area contributed by atoms with Crippen LogP contribution in [0.3, 0.4) is 0 Å². The summed E-state index contributed by atoms with van der Waals surface area (Å²) in [4.78, 5) is 25.3. The van der Waals surface area contributed by atoms with Gasteiger partial charge in [0.15, 0.2) is 0 Å². The Hall–Kier alpha value is -2.35. The van der Waals surface area contributed by atoms with Crippen molar-refractivity contribution < 1.29 is 14.0 Å². The molecule has 20 heavy (non-hydrogen) atoms. The zero-order chi connectivity index (χ0) is 14.5. The molecule has 1 unspecified atom stereocenters. The molecule has 104 valence electrons. The van der Waals surface area contributed by atoms with Crippen molar-refractivity contribution in [1.29, 1.82) is 0 Å². The number of rotatable bonds is 4. The summed E-state index contributed by atoms with van der Waals surface area (Å²) in [5, 5.41) is 2.71. The molecule has 1 aromatic rings. The maximum Gasteiger partial charge on any atom is 0.227 e. The van der Waals surface area contributed by atoms with Crippen LogP contribution in [0, 0.1) is 24.1 Å². The first-order chi connectivity index (χ1) is 9.61. The van der Waals surface area contributed by atoms with Gasteiger partial charge in [-0.15, -0.1) is 12.3 Å². The summed E-state index contributed by atoms with van der Waals surface area (Å²) >= 11 is 0. The largest absolute Gasteiger partial charge is 0.355 e. The number of carbonyl (C=O) groups excluding carboxylic acids is 2. The third-order valence-electron chi connectivity index (χ3n) is 3.20. The number of hydrogen-bond acceptors (Lipinski definition) is 2. The highest BCUT2D eigenvalue weighted by Crippen LogP contribution is 2.25. The highest BCUT2D eigenvalue weighted by Gasteiger charge is 2.34. The monoisotopic (exact) mass is 274 g/mol. The van der Waals surface area contributed by atoms with E-state index in [0.29, 0.717) is 25.2 Å². The lowest BCUT2D eigenvalue weighted by Crippen LogP contribution is -2.33. The quantitative estimate of drug-likeness (QED) is 0.665. The van der Waals surface area contributed by atoms with E-state index in [4.69, 9.17) is 6.42 Å². The normalized spacial score (nSPS) is 17.9. The molecule has 4 nitrogen and oxygen atoms in total. The topological polar surface area (TPSA) is 49.4 Å². The molecule has 0 saturated carbocycles. The Bertz CT molecular complexity index is 548. The minimum absolute atomic E-state index is 0.131. The van der Waals surface area contributed by atoms with Crippen LogP contribution in [0.1, 0.15) is 12.8 Å². The lowest BCUT2D eigenvalue weighted by atomic mass is 10.1. The standard InChI is InChI=1S/C15H15FN2O2/c1-2-3-8-17-15(20)11-9-14(19)18(10-11)13-6-4-12(16)5-7-13/h1,4-7,11H,3,8-10H2,(H,17,20). The van der Waals surface area contributed by atoms with E-state index >= 15 is 0 Å². The number of terminal acetylenes is 1. The molecule has 1 atom stereocenters. The first-order valence-electron chi connectivity index (χ1n) is 6.39. The van der Waals surface area contributed by atoms with Gasteiger partial charge in [0.05, 0.1) is 5.92 Å². The van der Waals surface area contributed by atoms with Crippen molar-refractivity contribution in [3.8, 4) is 12.3 Å². The number of nitrogens with one attached hydrogen (secondary N) is 1. The van der Waals surface area contributed by atoms with Gasteiger partial charge in [-0.1, -0.05) is 0 Å². The Balaban J connectivity index is 1.98. The fraction of sp³-hybridized carbons (Fsp3) is 0.333. The first-order valence-corrected chi connectivity index (χ1v) is 6.39. The minimum atomic E-state index is -0.384. The molecule has 1 aliphatic rings. The van der Waals surface area contributed by atoms with Crippen molar-refractivity contribution in [3.05, 3.63) is 30.1 Å². The predicted octanol–water partition coefficient (Wildman–Crippen LogP) is 1.32. The molecule has 0 aromatic heterocycles. The number of anilines is 1. The van der Waals surface area contributed by atoms with E-state index in [1.54, 1.807) is 0 Å². The van der Waals surface area contributed by atoms with E-state index < -0.39 is 0 Å². The SMILES string of the molecule is C#CCCNC(=O)C1CC(=O)N(c2ccc(F)cc2)C1. The smallest absolute Gasteiger partial charge is 0.227 e. The maximum atomic E-state index is 12.9. The summed E-state index contributed by atoms with van der Waals surface area (Å²) < 4.78 is 12.9. The Labute approximate surface area is 117 Å². The van der Waals surface area contributed by atoms with E-state index in [9.17, 15) is 14.0 Å². The molecule has 1 aliphatic heterocycles. The van der Waals surface area contributed by atoms with Gasteiger partial charge in [0, 0.05) is 31.6 Å². The highest BCUT2D eigenvalue weighted by atomic mass is 19.1. The average molecular weight is 274 g/mol. The van der Waals surface area contributed by atoms with Crippen LogP contribution in [-0.2, 0) is 9.59 Å². The van der Waals surface area contributed by atoms with Gasteiger partial charge in [-0.25, -0.2) is 4.39 Å². The zero-order valence-corrected chi connectivity index (χ0v) is 10.9. The molecule has 1 N–H and O–H groups in total. The van der Waals surface area contributed by atoms with E-state index in [2.05, 4.69) is 11.2 Å². The van der Waals surface area contributed by atoms with Gasteiger partial charge in [0.1, 0.15) is 5.82 Å². The summed E-state index contributed by atoms with van der Waals surface area (Å²) in [6, 6.07) is 5.66. The van der Waals surface area contributed by atoms with Gasteiger partial charge in [-0.2, -0.15) is 0 Å². The van der Waals surface area contributed by atoms with Gasteiger partial charge in [-0.3, -0.25) is 9.59 Å². The lowest BCUT2D eigenvalue weighted by Gasteiger charge is -2.16. The van der Waals surface area contributed by atoms with Gasteiger partial charge in [0.2, 0.25) is 11.8 Å². The van der Waals surface area contributed by atoms with Crippen LogP contribution in [-0.4, -0.2) is 24.9 Å². The Kier molecular flexibility index (Phi) is 4.36. The van der Waals surface area contributed by atoms with Gasteiger partial charge in [-0.05, 0) is 24.3 Å². The van der Waals surface area contributed by atoms with Crippen molar-refractivity contribution in [2.45, 2.75) is 12.8 Å². The van der Waals surface area contributed by atoms with Crippen molar-refractivity contribution in [2.24, 2.45) is 5.92 Å². The first kappa shape index (κ1) is 14.1. The number of carbonyl (C=O) groups is 2. The summed E-state index contributed by atoms with van der Waals surface area (Å²) in [5.41, 5.74) is 0.607. The third-order valence-corrected chi connectivity index (χ3v) is 3.20. The molecule has 0 radical (unpaired) electrons.